The summed E-state index contributed by atoms with van der Waals surface area (Å²) in [5, 5.41) is 12.1. The number of aryl methyl sites for hydroxylation is 1. The van der Waals surface area contributed by atoms with Crippen LogP contribution in [0.2, 0.25) is 0 Å². The Bertz CT molecular complexity index is 839. The highest BCUT2D eigenvalue weighted by atomic mass is 16.5. The Hall–Kier alpha value is -3.46. The molecular weight excluding hydrogens is 332 g/mol. The predicted octanol–water partition coefficient (Wildman–Crippen LogP) is 3.57. The zero-order chi connectivity index (χ0) is 19.1. The Morgan fingerprint density at radius 3 is 2.08 bits per heavy atom. The van der Waals surface area contributed by atoms with E-state index >= 15 is 0 Å². The number of amides is 1. The number of carbonyl (C=O) groups is 1. The van der Waals surface area contributed by atoms with Crippen LogP contribution >= 0.6 is 0 Å². The van der Waals surface area contributed by atoms with Gasteiger partial charge in [0.15, 0.2) is 11.5 Å². The van der Waals surface area contributed by atoms with Crippen LogP contribution in [0.15, 0.2) is 42.0 Å². The van der Waals surface area contributed by atoms with E-state index in [1.807, 2.05) is 25.1 Å². The Kier molecular flexibility index (Phi) is 6.23. The molecule has 6 heteroatoms. The van der Waals surface area contributed by atoms with Gasteiger partial charge in [-0.2, -0.15) is 5.26 Å². The Morgan fingerprint density at radius 2 is 1.62 bits per heavy atom. The molecular formula is C20H20N2O4. The summed E-state index contributed by atoms with van der Waals surface area (Å²) in [5.74, 6) is 0.823. The molecule has 26 heavy (non-hydrogen) atoms. The van der Waals surface area contributed by atoms with E-state index < -0.39 is 5.91 Å². The minimum absolute atomic E-state index is 0.0418. The highest BCUT2D eigenvalue weighted by Gasteiger charge is 2.15. The number of benzene rings is 2. The van der Waals surface area contributed by atoms with Crippen LogP contribution in [0.1, 0.15) is 11.1 Å². The summed E-state index contributed by atoms with van der Waals surface area (Å²) in [6.45, 7) is 1.96. The maximum atomic E-state index is 12.4. The van der Waals surface area contributed by atoms with E-state index in [4.69, 9.17) is 14.2 Å². The van der Waals surface area contributed by atoms with Crippen molar-refractivity contribution in [3.8, 4) is 23.3 Å². The molecule has 2 aromatic carbocycles. The largest absolute Gasteiger partial charge is 0.493 e. The van der Waals surface area contributed by atoms with Gasteiger partial charge < -0.3 is 19.5 Å². The summed E-state index contributed by atoms with van der Waals surface area (Å²) < 4.78 is 15.8. The molecule has 0 heterocycles. The van der Waals surface area contributed by atoms with Crippen LogP contribution in [0.25, 0.3) is 6.08 Å². The van der Waals surface area contributed by atoms with Crippen molar-refractivity contribution >= 4 is 17.7 Å². The Morgan fingerprint density at radius 1 is 1.04 bits per heavy atom. The smallest absolute Gasteiger partial charge is 0.266 e. The van der Waals surface area contributed by atoms with Gasteiger partial charge in [-0.25, -0.2) is 0 Å². The lowest BCUT2D eigenvalue weighted by Crippen LogP contribution is -2.13. The van der Waals surface area contributed by atoms with Gasteiger partial charge in [0.1, 0.15) is 11.6 Å². The van der Waals surface area contributed by atoms with Crippen LogP contribution in [0.3, 0.4) is 0 Å². The summed E-state index contributed by atoms with van der Waals surface area (Å²) >= 11 is 0. The van der Waals surface area contributed by atoms with Crippen LogP contribution < -0.4 is 19.5 Å². The molecule has 0 saturated heterocycles. The van der Waals surface area contributed by atoms with Crippen LogP contribution in [0.4, 0.5) is 5.69 Å². The molecule has 0 aliphatic rings. The molecule has 0 aliphatic heterocycles. The summed E-state index contributed by atoms with van der Waals surface area (Å²) in [4.78, 5) is 12.4. The van der Waals surface area contributed by atoms with Crippen LogP contribution in [0.5, 0.6) is 17.2 Å². The topological polar surface area (TPSA) is 80.6 Å². The fourth-order valence-corrected chi connectivity index (χ4v) is 2.34. The Labute approximate surface area is 152 Å². The van der Waals surface area contributed by atoms with Crippen molar-refractivity contribution in [2.45, 2.75) is 6.92 Å². The quantitative estimate of drug-likeness (QED) is 0.635. The van der Waals surface area contributed by atoms with Crippen molar-refractivity contribution in [1.29, 1.82) is 5.26 Å². The van der Waals surface area contributed by atoms with Gasteiger partial charge in [0.2, 0.25) is 5.75 Å². The average molecular weight is 352 g/mol. The van der Waals surface area contributed by atoms with E-state index in [-0.39, 0.29) is 5.57 Å². The zero-order valence-electron chi connectivity index (χ0n) is 15.1. The number of nitrogens with one attached hydrogen (secondary N) is 1. The monoisotopic (exact) mass is 352 g/mol. The second-order valence-corrected chi connectivity index (χ2v) is 5.45. The third-order valence-electron chi connectivity index (χ3n) is 3.67. The molecule has 0 saturated carbocycles. The lowest BCUT2D eigenvalue weighted by atomic mass is 10.1. The van der Waals surface area contributed by atoms with Gasteiger partial charge in [-0.15, -0.1) is 0 Å². The Balaban J connectivity index is 2.34. The van der Waals surface area contributed by atoms with Crippen LogP contribution in [0, 0.1) is 18.3 Å². The third kappa shape index (κ3) is 4.33. The molecule has 0 spiro atoms. The molecule has 0 fully saturated rings. The number of ether oxygens (including phenoxy) is 3. The van der Waals surface area contributed by atoms with Gasteiger partial charge in [-0.3, -0.25) is 4.79 Å². The van der Waals surface area contributed by atoms with Gasteiger partial charge in [0.25, 0.3) is 5.91 Å². The maximum absolute atomic E-state index is 12.4. The second kappa shape index (κ2) is 8.58. The van der Waals surface area contributed by atoms with Crippen molar-refractivity contribution in [2.24, 2.45) is 0 Å². The number of anilines is 1. The maximum Gasteiger partial charge on any atom is 0.266 e. The van der Waals surface area contributed by atoms with Gasteiger partial charge in [0.05, 0.1) is 21.3 Å². The number of nitrogens with zero attached hydrogens (tertiary/aromatic N) is 1. The highest BCUT2D eigenvalue weighted by molar-refractivity contribution is 6.09. The molecule has 134 valence electrons. The van der Waals surface area contributed by atoms with Crippen molar-refractivity contribution < 1.29 is 19.0 Å². The molecule has 0 aromatic heterocycles. The summed E-state index contributed by atoms with van der Waals surface area (Å²) in [5.41, 5.74) is 2.23. The third-order valence-corrected chi connectivity index (χ3v) is 3.67. The van der Waals surface area contributed by atoms with Crippen LogP contribution in [-0.4, -0.2) is 27.2 Å². The number of nitriles is 1. The fourth-order valence-electron chi connectivity index (χ4n) is 2.34. The minimum atomic E-state index is -0.495. The molecule has 0 unspecified atom stereocenters. The van der Waals surface area contributed by atoms with Gasteiger partial charge in [-0.05, 0) is 42.8 Å². The van der Waals surface area contributed by atoms with E-state index in [0.29, 0.717) is 28.5 Å². The zero-order valence-corrected chi connectivity index (χ0v) is 15.1. The van der Waals surface area contributed by atoms with Crippen molar-refractivity contribution in [1.82, 2.24) is 0 Å². The van der Waals surface area contributed by atoms with Gasteiger partial charge >= 0.3 is 0 Å². The normalized spacial score (nSPS) is 10.7. The van der Waals surface area contributed by atoms with Gasteiger partial charge in [0, 0.05) is 5.69 Å². The number of rotatable bonds is 6. The van der Waals surface area contributed by atoms with E-state index in [9.17, 15) is 10.1 Å². The predicted molar refractivity (Wildman–Crippen MR) is 99.5 cm³/mol. The molecule has 0 aliphatic carbocycles. The number of hydrogen-bond donors (Lipinski definition) is 1. The summed E-state index contributed by atoms with van der Waals surface area (Å²) in [7, 11) is 4.51. The number of carbonyl (C=O) groups excluding carboxylic acids is 1. The molecule has 2 aromatic rings. The number of hydrogen-bond acceptors (Lipinski definition) is 5. The minimum Gasteiger partial charge on any atom is -0.493 e. The summed E-state index contributed by atoms with van der Waals surface area (Å²) in [6.07, 6.45) is 1.47. The molecule has 0 atom stereocenters. The van der Waals surface area contributed by atoms with Gasteiger partial charge in [-0.1, -0.05) is 17.7 Å². The SMILES string of the molecule is COc1cc(/C=C(\C#N)C(=O)Nc2ccc(C)cc2)cc(OC)c1OC. The fraction of sp³-hybridized carbons (Fsp3) is 0.200. The van der Waals surface area contributed by atoms with E-state index in [2.05, 4.69) is 5.32 Å². The first-order valence-corrected chi connectivity index (χ1v) is 7.82. The standard InChI is InChI=1S/C20H20N2O4/c1-13-5-7-16(8-6-13)22-20(23)15(12-21)9-14-10-17(24-2)19(26-4)18(11-14)25-3/h5-11H,1-4H3,(H,22,23)/b15-9+. The molecule has 1 amide bonds. The summed E-state index contributed by atoms with van der Waals surface area (Å²) in [6, 6.07) is 12.6. The van der Waals surface area contributed by atoms with Crippen molar-refractivity contribution in [3.05, 3.63) is 53.1 Å². The first-order chi connectivity index (χ1) is 12.5. The first-order valence-electron chi connectivity index (χ1n) is 7.82. The number of methoxy groups -OCH3 is 3. The molecule has 2 rings (SSSR count). The van der Waals surface area contributed by atoms with E-state index in [1.54, 1.807) is 24.3 Å². The van der Waals surface area contributed by atoms with Crippen molar-refractivity contribution in [3.63, 3.8) is 0 Å². The van der Waals surface area contributed by atoms with E-state index in [0.717, 1.165) is 5.56 Å². The van der Waals surface area contributed by atoms with Crippen LogP contribution in [-0.2, 0) is 4.79 Å². The van der Waals surface area contributed by atoms with E-state index in [1.165, 1.54) is 27.4 Å². The molecule has 6 nitrogen and oxygen atoms in total. The highest BCUT2D eigenvalue weighted by Crippen LogP contribution is 2.38. The molecule has 0 radical (unpaired) electrons. The van der Waals surface area contributed by atoms with Crippen molar-refractivity contribution in [2.75, 3.05) is 26.6 Å². The average Bonchev–Trinajstić information content (AvgIpc) is 2.66. The molecule has 1 N–H and O–H groups in total. The second-order valence-electron chi connectivity index (χ2n) is 5.45. The lowest BCUT2D eigenvalue weighted by molar-refractivity contribution is -0.112. The lowest BCUT2D eigenvalue weighted by Gasteiger charge is -2.13. The molecule has 0 bridgehead atoms. The first kappa shape index (κ1) is 18.9.